The molecule has 3 rings (SSSR count). The zero-order valence-electron chi connectivity index (χ0n) is 12.9. The van der Waals surface area contributed by atoms with Crippen molar-refractivity contribution in [1.29, 1.82) is 0 Å². The van der Waals surface area contributed by atoms with Crippen molar-refractivity contribution in [2.75, 3.05) is 18.7 Å². The number of furan rings is 1. The summed E-state index contributed by atoms with van der Waals surface area (Å²) in [5, 5.41) is 15.0. The molecule has 1 atom stereocenters. The Morgan fingerprint density at radius 1 is 1.21 bits per heavy atom. The predicted molar refractivity (Wildman–Crippen MR) is 82.5 cm³/mol. The number of carbonyl (C=O) groups is 2. The molecular formula is C16H16N2O6. The van der Waals surface area contributed by atoms with Gasteiger partial charge in [-0.1, -0.05) is 0 Å². The second-order valence-corrected chi connectivity index (χ2v) is 5.46. The summed E-state index contributed by atoms with van der Waals surface area (Å²) in [6, 6.07) is 8.00. The van der Waals surface area contributed by atoms with Crippen LogP contribution in [0.4, 0.5) is 5.69 Å². The molecule has 0 saturated carbocycles. The van der Waals surface area contributed by atoms with E-state index >= 15 is 0 Å². The predicted octanol–water partition coefficient (Wildman–Crippen LogP) is 0.971. The molecule has 0 fully saturated rings. The Morgan fingerprint density at radius 2 is 2.00 bits per heavy atom. The highest BCUT2D eigenvalue weighted by Gasteiger charge is 2.28. The van der Waals surface area contributed by atoms with Gasteiger partial charge < -0.3 is 29.6 Å². The van der Waals surface area contributed by atoms with Gasteiger partial charge in [-0.25, -0.2) is 0 Å². The number of fused-ring (bicyclic) bond motifs is 1. The third-order valence-electron chi connectivity index (χ3n) is 3.48. The SMILES string of the molecule is CC(O)(CNC(=O)C(=O)Nc1ccc2c(c1)OCO2)c1ccco1. The molecule has 1 unspecified atom stereocenters. The summed E-state index contributed by atoms with van der Waals surface area (Å²) < 4.78 is 15.5. The molecule has 1 aromatic heterocycles. The molecule has 126 valence electrons. The summed E-state index contributed by atoms with van der Waals surface area (Å²) in [6.45, 7) is 1.42. The quantitative estimate of drug-likeness (QED) is 0.720. The lowest BCUT2D eigenvalue weighted by molar-refractivity contribution is -0.136. The Hall–Kier alpha value is -3.00. The minimum Gasteiger partial charge on any atom is -0.466 e. The average Bonchev–Trinajstić information content (AvgIpc) is 3.23. The molecule has 2 amide bonds. The van der Waals surface area contributed by atoms with Crippen molar-refractivity contribution in [3.05, 3.63) is 42.4 Å². The monoisotopic (exact) mass is 332 g/mol. The number of carbonyl (C=O) groups excluding carboxylic acids is 2. The fraction of sp³-hybridized carbons (Fsp3) is 0.250. The summed E-state index contributed by atoms with van der Waals surface area (Å²) in [7, 11) is 0. The van der Waals surface area contributed by atoms with E-state index in [0.717, 1.165) is 0 Å². The molecule has 8 heteroatoms. The maximum Gasteiger partial charge on any atom is 0.313 e. The molecule has 0 bridgehead atoms. The van der Waals surface area contributed by atoms with Crippen LogP contribution in [-0.4, -0.2) is 30.3 Å². The fourth-order valence-electron chi connectivity index (χ4n) is 2.17. The third kappa shape index (κ3) is 3.33. The van der Waals surface area contributed by atoms with Crippen molar-refractivity contribution < 1.29 is 28.6 Å². The first kappa shape index (κ1) is 15.9. The summed E-state index contributed by atoms with van der Waals surface area (Å²) in [6.07, 6.45) is 1.41. The first-order valence-corrected chi connectivity index (χ1v) is 7.21. The van der Waals surface area contributed by atoms with Gasteiger partial charge in [0.15, 0.2) is 11.5 Å². The zero-order chi connectivity index (χ0) is 17.2. The summed E-state index contributed by atoms with van der Waals surface area (Å²) in [5.74, 6) is -0.372. The van der Waals surface area contributed by atoms with Gasteiger partial charge in [-0.3, -0.25) is 9.59 Å². The number of hydrogen-bond acceptors (Lipinski definition) is 6. The van der Waals surface area contributed by atoms with E-state index in [1.807, 2.05) is 0 Å². The normalized spacial score (nSPS) is 14.8. The minimum absolute atomic E-state index is 0.120. The van der Waals surface area contributed by atoms with Crippen LogP contribution in [0.5, 0.6) is 11.5 Å². The second kappa shape index (κ2) is 6.25. The summed E-state index contributed by atoms with van der Waals surface area (Å²) >= 11 is 0. The van der Waals surface area contributed by atoms with Crippen molar-refractivity contribution in [3.63, 3.8) is 0 Å². The van der Waals surface area contributed by atoms with Crippen molar-refractivity contribution in [2.45, 2.75) is 12.5 Å². The van der Waals surface area contributed by atoms with E-state index in [9.17, 15) is 14.7 Å². The number of amides is 2. The molecule has 0 radical (unpaired) electrons. The molecule has 24 heavy (non-hydrogen) atoms. The molecule has 0 spiro atoms. The van der Waals surface area contributed by atoms with Crippen molar-refractivity contribution in [1.82, 2.24) is 5.32 Å². The zero-order valence-corrected chi connectivity index (χ0v) is 12.9. The number of hydrogen-bond donors (Lipinski definition) is 3. The lowest BCUT2D eigenvalue weighted by atomic mass is 10.0. The number of anilines is 1. The molecule has 3 N–H and O–H groups in total. The van der Waals surface area contributed by atoms with Crippen LogP contribution in [0.1, 0.15) is 12.7 Å². The Balaban J connectivity index is 1.56. The lowest BCUT2D eigenvalue weighted by Gasteiger charge is -2.20. The maximum absolute atomic E-state index is 11.9. The topological polar surface area (TPSA) is 110 Å². The molecule has 1 aliphatic heterocycles. The number of rotatable bonds is 4. The van der Waals surface area contributed by atoms with Crippen LogP contribution in [-0.2, 0) is 15.2 Å². The molecule has 2 heterocycles. The third-order valence-corrected chi connectivity index (χ3v) is 3.48. The smallest absolute Gasteiger partial charge is 0.313 e. The van der Waals surface area contributed by atoms with E-state index in [1.165, 1.54) is 13.2 Å². The van der Waals surface area contributed by atoms with Gasteiger partial charge in [0.05, 0.1) is 12.8 Å². The van der Waals surface area contributed by atoms with E-state index in [0.29, 0.717) is 22.9 Å². The molecule has 2 aromatic rings. The largest absolute Gasteiger partial charge is 0.466 e. The van der Waals surface area contributed by atoms with Crippen LogP contribution in [0.15, 0.2) is 41.0 Å². The van der Waals surface area contributed by atoms with Gasteiger partial charge >= 0.3 is 11.8 Å². The molecule has 8 nitrogen and oxygen atoms in total. The minimum atomic E-state index is -1.42. The van der Waals surface area contributed by atoms with Crippen molar-refractivity contribution in [2.24, 2.45) is 0 Å². The Morgan fingerprint density at radius 3 is 2.75 bits per heavy atom. The van der Waals surface area contributed by atoms with E-state index < -0.39 is 17.4 Å². The lowest BCUT2D eigenvalue weighted by Crippen LogP contribution is -2.43. The number of aliphatic hydroxyl groups is 1. The number of nitrogens with one attached hydrogen (secondary N) is 2. The van der Waals surface area contributed by atoms with Gasteiger partial charge in [-0.05, 0) is 31.2 Å². The standard InChI is InChI=1S/C16H16N2O6/c1-16(21,13-3-2-6-22-13)8-17-14(19)15(20)18-10-4-5-11-12(7-10)24-9-23-11/h2-7,21H,8-9H2,1H3,(H,17,19)(H,18,20). The van der Waals surface area contributed by atoms with Crippen LogP contribution >= 0.6 is 0 Å². The van der Waals surface area contributed by atoms with Gasteiger partial charge in [-0.15, -0.1) is 0 Å². The van der Waals surface area contributed by atoms with Crippen molar-refractivity contribution in [3.8, 4) is 11.5 Å². The average molecular weight is 332 g/mol. The van der Waals surface area contributed by atoms with Crippen LogP contribution in [0, 0.1) is 0 Å². The van der Waals surface area contributed by atoms with Gasteiger partial charge in [0.2, 0.25) is 6.79 Å². The number of benzene rings is 1. The van der Waals surface area contributed by atoms with E-state index in [4.69, 9.17) is 13.9 Å². The van der Waals surface area contributed by atoms with Crippen molar-refractivity contribution >= 4 is 17.5 Å². The van der Waals surface area contributed by atoms with Crippen LogP contribution in [0.25, 0.3) is 0 Å². The van der Waals surface area contributed by atoms with Gasteiger partial charge in [0.1, 0.15) is 11.4 Å². The molecule has 0 aliphatic carbocycles. The number of ether oxygens (including phenoxy) is 2. The van der Waals surface area contributed by atoms with Gasteiger partial charge in [0.25, 0.3) is 0 Å². The molecule has 1 aromatic carbocycles. The highest BCUT2D eigenvalue weighted by molar-refractivity contribution is 6.39. The van der Waals surface area contributed by atoms with E-state index in [-0.39, 0.29) is 13.3 Å². The van der Waals surface area contributed by atoms with E-state index in [1.54, 1.807) is 30.3 Å². The Labute approximate surface area is 137 Å². The summed E-state index contributed by atoms with van der Waals surface area (Å²) in [5.41, 5.74) is -1.02. The molecule has 1 aliphatic rings. The van der Waals surface area contributed by atoms with Gasteiger partial charge in [0, 0.05) is 11.8 Å². The van der Waals surface area contributed by atoms with Crippen LogP contribution in [0.3, 0.4) is 0 Å². The first-order chi connectivity index (χ1) is 11.5. The second-order valence-electron chi connectivity index (χ2n) is 5.46. The fourth-order valence-corrected chi connectivity index (χ4v) is 2.17. The highest BCUT2D eigenvalue weighted by Crippen LogP contribution is 2.34. The van der Waals surface area contributed by atoms with Crippen LogP contribution in [0.2, 0.25) is 0 Å². The first-order valence-electron chi connectivity index (χ1n) is 7.21. The van der Waals surface area contributed by atoms with E-state index in [2.05, 4.69) is 10.6 Å². The highest BCUT2D eigenvalue weighted by atomic mass is 16.7. The maximum atomic E-state index is 11.9. The Bertz CT molecular complexity index is 754. The van der Waals surface area contributed by atoms with Gasteiger partial charge in [-0.2, -0.15) is 0 Å². The molecule has 0 saturated heterocycles. The molecular weight excluding hydrogens is 316 g/mol. The Kier molecular flexibility index (Phi) is 4.13. The van der Waals surface area contributed by atoms with Crippen LogP contribution < -0.4 is 20.1 Å². The summed E-state index contributed by atoms with van der Waals surface area (Å²) in [4.78, 5) is 23.8.